The van der Waals surface area contributed by atoms with Gasteiger partial charge in [0.1, 0.15) is 22.4 Å². The summed E-state index contributed by atoms with van der Waals surface area (Å²) in [4.78, 5) is 52.6. The molecule has 0 radical (unpaired) electrons. The van der Waals surface area contributed by atoms with Crippen molar-refractivity contribution in [1.82, 2.24) is 5.32 Å². The van der Waals surface area contributed by atoms with Crippen LogP contribution in [0.25, 0.3) is 6.08 Å². The first kappa shape index (κ1) is 35.3. The maximum atomic E-state index is 13.7. The molecule has 1 unspecified atom stereocenters. The van der Waals surface area contributed by atoms with E-state index >= 15 is 0 Å². The van der Waals surface area contributed by atoms with Gasteiger partial charge in [-0.3, -0.25) is 14.4 Å². The molecular formula is C38H30ClN3O7S. The second-order valence-corrected chi connectivity index (χ2v) is 12.3. The van der Waals surface area contributed by atoms with Crippen LogP contribution in [0.2, 0.25) is 5.02 Å². The molecule has 3 amide bonds. The number of aromatic carboxylic acids is 1. The lowest BCUT2D eigenvalue weighted by molar-refractivity contribution is -0.116. The quantitative estimate of drug-likeness (QED) is 0.0655. The average Bonchev–Trinajstić information content (AvgIpc) is 3.12. The summed E-state index contributed by atoms with van der Waals surface area (Å²) in [6.07, 6.45) is 1.44. The number of hydrogen-bond acceptors (Lipinski definition) is 7. The van der Waals surface area contributed by atoms with E-state index in [2.05, 4.69) is 16.0 Å². The summed E-state index contributed by atoms with van der Waals surface area (Å²) in [5.41, 5.74) is 1.84. The number of carbonyl (C=O) groups is 4. The number of nitrogens with one attached hydrogen (secondary N) is 3. The third-order valence-electron chi connectivity index (χ3n) is 7.20. The van der Waals surface area contributed by atoms with Crippen LogP contribution in [0.3, 0.4) is 0 Å². The summed E-state index contributed by atoms with van der Waals surface area (Å²) in [6, 6.07) is 32.6. The normalized spacial score (nSPS) is 11.6. The topological polar surface area (TPSA) is 154 Å². The van der Waals surface area contributed by atoms with Crippen LogP contribution in [0.1, 0.15) is 37.1 Å². The van der Waals surface area contributed by atoms with E-state index in [1.165, 1.54) is 55.3 Å². The monoisotopic (exact) mass is 707 g/mol. The van der Waals surface area contributed by atoms with E-state index < -0.39 is 28.9 Å². The van der Waals surface area contributed by atoms with E-state index in [4.69, 9.17) is 16.3 Å². The number of aromatic hydroxyl groups is 1. The van der Waals surface area contributed by atoms with E-state index in [0.717, 1.165) is 0 Å². The van der Waals surface area contributed by atoms with Crippen LogP contribution in [0.4, 0.5) is 11.4 Å². The Morgan fingerprint density at radius 2 is 1.52 bits per heavy atom. The molecule has 0 saturated carbocycles. The Kier molecular flexibility index (Phi) is 11.6. The summed E-state index contributed by atoms with van der Waals surface area (Å²) < 4.78 is 5.37. The zero-order chi connectivity index (χ0) is 35.6. The van der Waals surface area contributed by atoms with Crippen molar-refractivity contribution in [3.8, 4) is 11.5 Å². The molecule has 5 aromatic rings. The smallest absolute Gasteiger partial charge is 0.335 e. The molecule has 0 spiro atoms. The first-order chi connectivity index (χ1) is 24.1. The SMILES string of the molecule is COc1cc(O)ccc1/C=C(/NC(=O)c1ccccc1)C(=O)Nc1cccc(SC(C(=O)Nc2cc(C(=O)O)ccc2Cl)c2ccccc2)c1. The summed E-state index contributed by atoms with van der Waals surface area (Å²) in [5.74, 6) is -2.52. The minimum atomic E-state index is -1.16. The number of phenolic OH excluding ortho intramolecular Hbond substituents is 1. The van der Waals surface area contributed by atoms with Crippen molar-refractivity contribution in [1.29, 1.82) is 0 Å². The highest BCUT2D eigenvalue weighted by atomic mass is 35.5. The molecule has 1 atom stereocenters. The first-order valence-electron chi connectivity index (χ1n) is 15.0. The van der Waals surface area contributed by atoms with Crippen LogP contribution in [0.15, 0.2) is 132 Å². The van der Waals surface area contributed by atoms with Gasteiger partial charge in [0.25, 0.3) is 11.8 Å². The standard InChI is InChI=1S/C38H30ClN3O7S/c1-49-33-22-28(43)17-15-25(33)19-32(42-35(44)24-11-6-3-7-12-24)36(45)40-27-13-8-14-29(21-27)50-34(23-9-4-2-5-10-23)37(46)41-31-20-26(38(47)48)16-18-30(31)39/h2-22,34,43H,1H3,(H,40,45)(H,41,46)(H,42,44)(H,47,48)/b32-19+. The van der Waals surface area contributed by atoms with E-state index in [-0.39, 0.29) is 33.5 Å². The van der Waals surface area contributed by atoms with Crippen LogP contribution in [-0.2, 0) is 9.59 Å². The zero-order valence-electron chi connectivity index (χ0n) is 26.4. The number of amides is 3. The lowest BCUT2D eigenvalue weighted by atomic mass is 10.1. The molecule has 252 valence electrons. The van der Waals surface area contributed by atoms with Gasteiger partial charge in [-0.05, 0) is 72.3 Å². The number of methoxy groups -OCH3 is 1. The number of benzene rings is 5. The molecule has 0 fully saturated rings. The third kappa shape index (κ3) is 9.10. The van der Waals surface area contributed by atoms with Gasteiger partial charge in [-0.2, -0.15) is 0 Å². The number of phenols is 1. The van der Waals surface area contributed by atoms with Crippen LogP contribution in [-0.4, -0.2) is 41.0 Å². The summed E-state index contributed by atoms with van der Waals surface area (Å²) in [6.45, 7) is 0. The second kappa shape index (κ2) is 16.4. The van der Waals surface area contributed by atoms with Gasteiger partial charge in [0, 0.05) is 27.8 Å². The van der Waals surface area contributed by atoms with E-state index in [1.54, 1.807) is 84.9 Å². The lowest BCUT2D eigenvalue weighted by Crippen LogP contribution is -2.30. The largest absolute Gasteiger partial charge is 0.508 e. The van der Waals surface area contributed by atoms with Crippen LogP contribution in [0.5, 0.6) is 11.5 Å². The zero-order valence-corrected chi connectivity index (χ0v) is 28.0. The summed E-state index contributed by atoms with van der Waals surface area (Å²) in [7, 11) is 1.42. The molecule has 0 saturated heterocycles. The van der Waals surface area contributed by atoms with Gasteiger partial charge in [0.15, 0.2) is 0 Å². The molecule has 0 aliphatic carbocycles. The molecule has 12 heteroatoms. The van der Waals surface area contributed by atoms with E-state index in [1.807, 2.05) is 6.07 Å². The van der Waals surface area contributed by atoms with E-state index in [9.17, 15) is 29.4 Å². The Balaban J connectivity index is 1.41. The maximum Gasteiger partial charge on any atom is 0.335 e. The van der Waals surface area contributed by atoms with Gasteiger partial charge >= 0.3 is 5.97 Å². The van der Waals surface area contributed by atoms with Gasteiger partial charge in [-0.25, -0.2) is 4.79 Å². The highest BCUT2D eigenvalue weighted by Crippen LogP contribution is 2.38. The predicted octanol–water partition coefficient (Wildman–Crippen LogP) is 7.63. The number of ether oxygens (including phenoxy) is 1. The van der Waals surface area contributed by atoms with Crippen LogP contribution in [0, 0.1) is 0 Å². The van der Waals surface area contributed by atoms with E-state index in [0.29, 0.717) is 27.3 Å². The molecule has 0 aliphatic rings. The number of halogens is 1. The minimum absolute atomic E-state index is 0.0331. The molecule has 50 heavy (non-hydrogen) atoms. The fraction of sp³-hybridized carbons (Fsp3) is 0.0526. The third-order valence-corrected chi connectivity index (χ3v) is 8.78. The molecule has 0 aromatic heterocycles. The van der Waals surface area contributed by atoms with Gasteiger partial charge in [-0.1, -0.05) is 66.2 Å². The van der Waals surface area contributed by atoms with Crippen molar-refractivity contribution in [3.05, 3.63) is 154 Å². The Morgan fingerprint density at radius 3 is 2.22 bits per heavy atom. The van der Waals surface area contributed by atoms with Crippen LogP contribution < -0.4 is 20.7 Å². The van der Waals surface area contributed by atoms with Crippen molar-refractivity contribution in [2.45, 2.75) is 10.1 Å². The average molecular weight is 708 g/mol. The van der Waals surface area contributed by atoms with Crippen molar-refractivity contribution >= 4 is 64.5 Å². The first-order valence-corrected chi connectivity index (χ1v) is 16.3. The number of thioether (sulfide) groups is 1. The second-order valence-electron chi connectivity index (χ2n) is 10.7. The van der Waals surface area contributed by atoms with Crippen LogP contribution >= 0.6 is 23.4 Å². The number of carbonyl (C=O) groups excluding carboxylic acids is 3. The summed E-state index contributed by atoms with van der Waals surface area (Å²) in [5, 5.41) is 27.0. The Labute approximate surface area is 296 Å². The molecule has 0 heterocycles. The number of hydrogen-bond donors (Lipinski definition) is 5. The molecule has 5 aromatic carbocycles. The van der Waals surface area contributed by atoms with Crippen molar-refractivity contribution < 1.29 is 34.1 Å². The van der Waals surface area contributed by atoms with Gasteiger partial charge in [0.2, 0.25) is 5.91 Å². The number of anilines is 2. The molecule has 5 rings (SSSR count). The number of rotatable bonds is 12. The molecule has 5 N–H and O–H groups in total. The fourth-order valence-electron chi connectivity index (χ4n) is 4.75. The van der Waals surface area contributed by atoms with Gasteiger partial charge < -0.3 is 30.9 Å². The predicted molar refractivity (Wildman–Crippen MR) is 194 cm³/mol. The summed E-state index contributed by atoms with van der Waals surface area (Å²) >= 11 is 7.49. The van der Waals surface area contributed by atoms with Gasteiger partial charge in [0.05, 0.1) is 23.4 Å². The number of carboxylic acid groups (broad SMARTS) is 1. The van der Waals surface area contributed by atoms with Crippen molar-refractivity contribution in [3.63, 3.8) is 0 Å². The van der Waals surface area contributed by atoms with Crippen molar-refractivity contribution in [2.75, 3.05) is 17.7 Å². The maximum absolute atomic E-state index is 13.7. The van der Waals surface area contributed by atoms with Crippen molar-refractivity contribution in [2.24, 2.45) is 0 Å². The highest BCUT2D eigenvalue weighted by molar-refractivity contribution is 8.00. The Morgan fingerprint density at radius 1 is 0.800 bits per heavy atom. The molecule has 0 aliphatic heterocycles. The fourth-order valence-corrected chi connectivity index (χ4v) is 6.00. The molecule has 10 nitrogen and oxygen atoms in total. The Bertz CT molecular complexity index is 2070. The molecular weight excluding hydrogens is 678 g/mol. The highest BCUT2D eigenvalue weighted by Gasteiger charge is 2.24. The minimum Gasteiger partial charge on any atom is -0.508 e. The Hall–Kier alpha value is -6.04. The van der Waals surface area contributed by atoms with Gasteiger partial charge in [-0.15, -0.1) is 11.8 Å². The molecule has 0 bridgehead atoms. The lowest BCUT2D eigenvalue weighted by Gasteiger charge is -2.18. The number of carboxylic acids is 1.